The van der Waals surface area contributed by atoms with Crippen LogP contribution >= 0.6 is 24.0 Å². The summed E-state index contributed by atoms with van der Waals surface area (Å²) in [5, 5.41) is 6.82. The lowest BCUT2D eigenvalue weighted by Crippen LogP contribution is -2.42. The second-order valence-corrected chi connectivity index (χ2v) is 5.22. The summed E-state index contributed by atoms with van der Waals surface area (Å²) in [6.07, 6.45) is 7.65. The van der Waals surface area contributed by atoms with E-state index in [0.29, 0.717) is 6.04 Å². The van der Waals surface area contributed by atoms with E-state index in [4.69, 9.17) is 0 Å². The number of nitrogens with zero attached hydrogens (tertiary/aromatic N) is 1. The lowest BCUT2D eigenvalue weighted by molar-refractivity contribution is 0.633. The zero-order valence-electron chi connectivity index (χ0n) is 12.9. The van der Waals surface area contributed by atoms with Gasteiger partial charge >= 0.3 is 0 Å². The zero-order chi connectivity index (χ0) is 14.2. The van der Waals surface area contributed by atoms with Crippen molar-refractivity contribution in [2.45, 2.75) is 39.2 Å². The first-order valence-corrected chi connectivity index (χ1v) is 7.54. The second kappa shape index (κ2) is 9.82. The van der Waals surface area contributed by atoms with Gasteiger partial charge in [-0.25, -0.2) is 0 Å². The van der Waals surface area contributed by atoms with Gasteiger partial charge in [-0.2, -0.15) is 0 Å². The van der Waals surface area contributed by atoms with Crippen molar-refractivity contribution in [3.05, 3.63) is 47.5 Å². The molecule has 0 radical (unpaired) electrons. The van der Waals surface area contributed by atoms with Crippen LogP contribution < -0.4 is 10.6 Å². The molecule has 0 saturated carbocycles. The molecule has 1 aliphatic rings. The third-order valence-electron chi connectivity index (χ3n) is 3.61. The number of benzene rings is 1. The Balaban J connectivity index is 0.00000220. The third kappa shape index (κ3) is 6.08. The van der Waals surface area contributed by atoms with Gasteiger partial charge in [-0.1, -0.05) is 36.4 Å². The maximum atomic E-state index is 4.68. The molecule has 1 aliphatic carbocycles. The van der Waals surface area contributed by atoms with Crippen LogP contribution in [0.2, 0.25) is 0 Å². The van der Waals surface area contributed by atoms with Gasteiger partial charge in [0.2, 0.25) is 0 Å². The van der Waals surface area contributed by atoms with E-state index in [0.717, 1.165) is 38.3 Å². The SMILES string of the molecule is CCNC(=NCCc1ccccc1C)NC1CC=CC1.I. The minimum absolute atomic E-state index is 0. The predicted molar refractivity (Wildman–Crippen MR) is 102 cm³/mol. The molecule has 0 aromatic heterocycles. The minimum atomic E-state index is 0. The average Bonchev–Trinajstić information content (AvgIpc) is 2.94. The van der Waals surface area contributed by atoms with Crippen LogP contribution in [0.15, 0.2) is 41.4 Å². The van der Waals surface area contributed by atoms with Crippen molar-refractivity contribution in [2.24, 2.45) is 4.99 Å². The van der Waals surface area contributed by atoms with Crippen LogP contribution in [0.4, 0.5) is 0 Å². The fourth-order valence-corrected chi connectivity index (χ4v) is 2.43. The van der Waals surface area contributed by atoms with Crippen LogP contribution in [0.5, 0.6) is 0 Å². The molecule has 1 aromatic rings. The number of guanidine groups is 1. The quantitative estimate of drug-likeness (QED) is 0.345. The number of hydrogen-bond acceptors (Lipinski definition) is 1. The van der Waals surface area contributed by atoms with Crippen molar-refractivity contribution in [2.75, 3.05) is 13.1 Å². The van der Waals surface area contributed by atoms with E-state index < -0.39 is 0 Å². The largest absolute Gasteiger partial charge is 0.357 e. The van der Waals surface area contributed by atoms with Crippen molar-refractivity contribution < 1.29 is 0 Å². The lowest BCUT2D eigenvalue weighted by atomic mass is 10.1. The molecule has 21 heavy (non-hydrogen) atoms. The molecule has 0 saturated heterocycles. The van der Waals surface area contributed by atoms with Crippen LogP contribution in [-0.4, -0.2) is 25.1 Å². The summed E-state index contributed by atoms with van der Waals surface area (Å²) in [7, 11) is 0. The van der Waals surface area contributed by atoms with Crippen molar-refractivity contribution in [3.8, 4) is 0 Å². The van der Waals surface area contributed by atoms with E-state index >= 15 is 0 Å². The topological polar surface area (TPSA) is 36.4 Å². The molecule has 0 amide bonds. The standard InChI is InChI=1S/C17H25N3.HI/c1-3-18-17(20-16-10-6-7-11-16)19-13-12-15-9-5-4-8-14(15)2;/h4-9,16H,3,10-13H2,1-2H3,(H2,18,19,20);1H. The predicted octanol–water partition coefficient (Wildman–Crippen LogP) is 3.43. The molecule has 0 bridgehead atoms. The highest BCUT2D eigenvalue weighted by Crippen LogP contribution is 2.09. The molecule has 3 nitrogen and oxygen atoms in total. The fourth-order valence-electron chi connectivity index (χ4n) is 2.43. The van der Waals surface area contributed by atoms with Crippen molar-refractivity contribution >= 4 is 29.9 Å². The van der Waals surface area contributed by atoms with Gasteiger partial charge in [-0.05, 0) is 44.2 Å². The molecule has 0 aliphatic heterocycles. The van der Waals surface area contributed by atoms with Crippen LogP contribution in [0.1, 0.15) is 30.9 Å². The maximum Gasteiger partial charge on any atom is 0.191 e. The van der Waals surface area contributed by atoms with Gasteiger partial charge in [-0.15, -0.1) is 24.0 Å². The Bertz CT molecular complexity index is 475. The van der Waals surface area contributed by atoms with E-state index in [1.54, 1.807) is 0 Å². The molecule has 2 N–H and O–H groups in total. The molecule has 0 fully saturated rings. The van der Waals surface area contributed by atoms with Crippen LogP contribution in [-0.2, 0) is 6.42 Å². The minimum Gasteiger partial charge on any atom is -0.357 e. The Hall–Kier alpha value is -1.04. The number of rotatable bonds is 5. The molecule has 0 spiro atoms. The van der Waals surface area contributed by atoms with Gasteiger partial charge in [0.15, 0.2) is 5.96 Å². The Morgan fingerprint density at radius 1 is 1.24 bits per heavy atom. The fraction of sp³-hybridized carbons (Fsp3) is 0.471. The van der Waals surface area contributed by atoms with E-state index in [2.05, 4.69) is 65.9 Å². The molecule has 4 heteroatoms. The Morgan fingerprint density at radius 2 is 1.95 bits per heavy atom. The molecule has 0 heterocycles. The van der Waals surface area contributed by atoms with Crippen LogP contribution in [0, 0.1) is 6.92 Å². The van der Waals surface area contributed by atoms with E-state index in [-0.39, 0.29) is 24.0 Å². The molecular weight excluding hydrogens is 373 g/mol. The van der Waals surface area contributed by atoms with Crippen molar-refractivity contribution in [1.82, 2.24) is 10.6 Å². The smallest absolute Gasteiger partial charge is 0.191 e. The number of nitrogens with one attached hydrogen (secondary N) is 2. The summed E-state index contributed by atoms with van der Waals surface area (Å²) in [5.74, 6) is 0.940. The highest BCUT2D eigenvalue weighted by atomic mass is 127. The Morgan fingerprint density at radius 3 is 2.62 bits per heavy atom. The average molecular weight is 399 g/mol. The van der Waals surface area contributed by atoms with Crippen molar-refractivity contribution in [3.63, 3.8) is 0 Å². The van der Waals surface area contributed by atoms with Crippen molar-refractivity contribution in [1.29, 1.82) is 0 Å². The van der Waals surface area contributed by atoms with Gasteiger partial charge in [0.25, 0.3) is 0 Å². The van der Waals surface area contributed by atoms with E-state index in [1.165, 1.54) is 11.1 Å². The van der Waals surface area contributed by atoms with E-state index in [9.17, 15) is 0 Å². The van der Waals surface area contributed by atoms with Crippen LogP contribution in [0.25, 0.3) is 0 Å². The third-order valence-corrected chi connectivity index (χ3v) is 3.61. The highest BCUT2D eigenvalue weighted by Gasteiger charge is 2.11. The summed E-state index contributed by atoms with van der Waals surface area (Å²) in [6, 6.07) is 9.03. The first-order valence-electron chi connectivity index (χ1n) is 7.54. The Labute approximate surface area is 145 Å². The molecule has 0 atom stereocenters. The van der Waals surface area contributed by atoms with E-state index in [1.807, 2.05) is 0 Å². The first kappa shape index (κ1) is 18.0. The van der Waals surface area contributed by atoms with Gasteiger partial charge in [0.05, 0.1) is 0 Å². The lowest BCUT2D eigenvalue weighted by Gasteiger charge is -2.16. The number of aliphatic imine (C=N–C) groups is 1. The summed E-state index contributed by atoms with van der Waals surface area (Å²) < 4.78 is 0. The van der Waals surface area contributed by atoms with Gasteiger partial charge < -0.3 is 10.6 Å². The zero-order valence-corrected chi connectivity index (χ0v) is 15.3. The monoisotopic (exact) mass is 399 g/mol. The summed E-state index contributed by atoms with van der Waals surface area (Å²) in [4.78, 5) is 4.68. The molecule has 2 rings (SSSR count). The number of aryl methyl sites for hydroxylation is 1. The molecule has 116 valence electrons. The summed E-state index contributed by atoms with van der Waals surface area (Å²) in [5.41, 5.74) is 2.73. The highest BCUT2D eigenvalue weighted by molar-refractivity contribution is 14.0. The van der Waals surface area contributed by atoms with Crippen LogP contribution in [0.3, 0.4) is 0 Å². The maximum absolute atomic E-state index is 4.68. The number of hydrogen-bond donors (Lipinski definition) is 2. The normalized spacial score (nSPS) is 14.9. The van der Waals surface area contributed by atoms with Gasteiger partial charge in [0, 0.05) is 19.1 Å². The summed E-state index contributed by atoms with van der Waals surface area (Å²) in [6.45, 7) is 5.98. The molecule has 1 aromatic carbocycles. The Kier molecular flexibility index (Phi) is 8.42. The van der Waals surface area contributed by atoms with Gasteiger partial charge in [0.1, 0.15) is 0 Å². The second-order valence-electron chi connectivity index (χ2n) is 5.22. The van der Waals surface area contributed by atoms with Gasteiger partial charge in [-0.3, -0.25) is 4.99 Å². The number of halogens is 1. The first-order chi connectivity index (χ1) is 9.79. The molecule has 0 unspecified atom stereocenters. The molecular formula is C17H26IN3. The summed E-state index contributed by atoms with van der Waals surface area (Å²) >= 11 is 0.